The summed E-state index contributed by atoms with van der Waals surface area (Å²) in [6.07, 6.45) is -2.13. The minimum absolute atomic E-state index is 0.0243. The van der Waals surface area contributed by atoms with E-state index >= 15 is 0 Å². The smallest absolute Gasteiger partial charge is 0.322 e. The fourth-order valence-corrected chi connectivity index (χ4v) is 2.66. The molecule has 0 heterocycles. The molecular weight excluding hydrogens is 440 g/mol. The van der Waals surface area contributed by atoms with E-state index in [9.17, 15) is 34.2 Å². The summed E-state index contributed by atoms with van der Waals surface area (Å²) in [5.41, 5.74) is 6.13. The molecule has 1 aromatic rings. The number of carbonyl (C=O) groups is 5. The molecule has 0 bridgehead atoms. The van der Waals surface area contributed by atoms with Crippen molar-refractivity contribution in [2.75, 3.05) is 6.54 Å². The number of carboxylic acids is 2. The summed E-state index contributed by atoms with van der Waals surface area (Å²) >= 11 is 0. The van der Waals surface area contributed by atoms with Crippen molar-refractivity contribution in [3.05, 3.63) is 29.8 Å². The Morgan fingerprint density at radius 2 is 1.48 bits per heavy atom. The number of phenolic OH excluding ortho intramolecular Hbond substituents is 1. The van der Waals surface area contributed by atoms with Gasteiger partial charge < -0.3 is 42.1 Å². The third kappa shape index (κ3) is 9.97. The van der Waals surface area contributed by atoms with Crippen LogP contribution in [0.5, 0.6) is 5.75 Å². The quantitative estimate of drug-likeness (QED) is 0.154. The number of aliphatic hydroxyl groups is 1. The lowest BCUT2D eigenvalue weighted by Gasteiger charge is -2.24. The fraction of sp³-hybridized carbons (Fsp3) is 0.450. The van der Waals surface area contributed by atoms with E-state index in [1.165, 1.54) is 31.2 Å². The van der Waals surface area contributed by atoms with Gasteiger partial charge in [0.2, 0.25) is 17.7 Å². The van der Waals surface area contributed by atoms with Crippen LogP contribution in [-0.2, 0) is 30.4 Å². The minimum atomic E-state index is -1.39. The number of hydrogen-bond acceptors (Lipinski definition) is 8. The molecule has 0 aromatic heterocycles. The summed E-state index contributed by atoms with van der Waals surface area (Å²) in [7, 11) is 0. The maximum atomic E-state index is 12.9. The highest BCUT2D eigenvalue weighted by Gasteiger charge is 2.29. The van der Waals surface area contributed by atoms with Gasteiger partial charge in [0.05, 0.1) is 6.10 Å². The Balaban J connectivity index is 3.07. The van der Waals surface area contributed by atoms with Gasteiger partial charge in [0.1, 0.15) is 30.4 Å². The second-order valence-electron chi connectivity index (χ2n) is 7.30. The van der Waals surface area contributed by atoms with E-state index in [-0.39, 0.29) is 18.6 Å². The van der Waals surface area contributed by atoms with Crippen molar-refractivity contribution in [1.82, 2.24) is 16.0 Å². The number of aliphatic hydroxyl groups excluding tert-OH is 1. The lowest BCUT2D eigenvalue weighted by atomic mass is 10.0. The lowest BCUT2D eigenvalue weighted by Crippen LogP contribution is -2.58. The van der Waals surface area contributed by atoms with Crippen molar-refractivity contribution < 1.29 is 44.4 Å². The molecule has 9 N–H and O–H groups in total. The third-order valence-corrected chi connectivity index (χ3v) is 4.53. The SMILES string of the molecule is CC(O)C(N)C(=O)NC(Cc1ccc(O)cc1)C(=O)NC(CCC(=O)O)C(=O)NCC(=O)O. The minimum Gasteiger partial charge on any atom is -0.508 e. The van der Waals surface area contributed by atoms with E-state index in [1.807, 2.05) is 0 Å². The molecule has 4 atom stereocenters. The number of rotatable bonds is 13. The molecule has 0 aliphatic rings. The summed E-state index contributed by atoms with van der Waals surface area (Å²) in [5.74, 6) is -5.23. The predicted molar refractivity (Wildman–Crippen MR) is 113 cm³/mol. The molecule has 4 unspecified atom stereocenters. The van der Waals surface area contributed by atoms with Crippen LogP contribution in [0.2, 0.25) is 0 Å². The summed E-state index contributed by atoms with van der Waals surface area (Å²) in [5, 5.41) is 43.4. The Kier molecular flexibility index (Phi) is 10.7. The van der Waals surface area contributed by atoms with Crippen molar-refractivity contribution in [1.29, 1.82) is 0 Å². The normalized spacial score (nSPS) is 14.3. The molecule has 1 rings (SSSR count). The number of carbonyl (C=O) groups excluding carboxylic acids is 3. The van der Waals surface area contributed by atoms with Gasteiger partial charge in [0.15, 0.2) is 0 Å². The van der Waals surface area contributed by atoms with Crippen LogP contribution >= 0.6 is 0 Å². The maximum Gasteiger partial charge on any atom is 0.322 e. The number of carboxylic acid groups (broad SMARTS) is 2. The first kappa shape index (κ1) is 27.3. The highest BCUT2D eigenvalue weighted by molar-refractivity contribution is 5.94. The lowest BCUT2D eigenvalue weighted by molar-refractivity contribution is -0.140. The van der Waals surface area contributed by atoms with E-state index in [1.54, 1.807) is 0 Å². The summed E-state index contributed by atoms with van der Waals surface area (Å²) in [6, 6.07) is 1.70. The van der Waals surface area contributed by atoms with Crippen LogP contribution in [0.4, 0.5) is 0 Å². The van der Waals surface area contributed by atoms with Gasteiger partial charge in [-0.1, -0.05) is 12.1 Å². The van der Waals surface area contributed by atoms with Gasteiger partial charge in [-0.15, -0.1) is 0 Å². The van der Waals surface area contributed by atoms with E-state index in [0.717, 1.165) is 0 Å². The molecule has 0 radical (unpaired) electrons. The molecule has 13 heteroatoms. The van der Waals surface area contributed by atoms with Gasteiger partial charge in [-0.3, -0.25) is 24.0 Å². The molecule has 1 aromatic carbocycles. The van der Waals surface area contributed by atoms with E-state index < -0.39 is 66.9 Å². The Morgan fingerprint density at radius 3 is 2.00 bits per heavy atom. The van der Waals surface area contributed by atoms with Crippen molar-refractivity contribution in [3.8, 4) is 5.75 Å². The Morgan fingerprint density at radius 1 is 0.909 bits per heavy atom. The number of amides is 3. The molecule has 0 saturated carbocycles. The number of benzene rings is 1. The van der Waals surface area contributed by atoms with Crippen LogP contribution < -0.4 is 21.7 Å². The zero-order valence-corrected chi connectivity index (χ0v) is 17.9. The van der Waals surface area contributed by atoms with Gasteiger partial charge in [-0.25, -0.2) is 0 Å². The molecule has 13 nitrogen and oxygen atoms in total. The Labute approximate surface area is 189 Å². The van der Waals surface area contributed by atoms with Gasteiger partial charge in [-0.05, 0) is 31.0 Å². The molecule has 0 fully saturated rings. The van der Waals surface area contributed by atoms with E-state index in [2.05, 4.69) is 16.0 Å². The molecular formula is C20H28N4O9. The third-order valence-electron chi connectivity index (χ3n) is 4.53. The second kappa shape index (κ2) is 13.0. The van der Waals surface area contributed by atoms with E-state index in [4.69, 9.17) is 15.9 Å². The fourth-order valence-electron chi connectivity index (χ4n) is 2.66. The largest absolute Gasteiger partial charge is 0.508 e. The monoisotopic (exact) mass is 468 g/mol. The topological polar surface area (TPSA) is 228 Å². The average molecular weight is 468 g/mol. The maximum absolute atomic E-state index is 12.9. The van der Waals surface area contributed by atoms with Gasteiger partial charge in [0, 0.05) is 12.8 Å². The molecule has 3 amide bonds. The Bertz CT molecular complexity index is 858. The van der Waals surface area contributed by atoms with Gasteiger partial charge >= 0.3 is 11.9 Å². The van der Waals surface area contributed by atoms with Crippen molar-refractivity contribution in [3.63, 3.8) is 0 Å². The standard InChI is InChI=1S/C20H28N4O9/c1-10(25)17(21)20(33)24-14(8-11-2-4-12(26)5-3-11)19(32)23-13(6-7-15(27)28)18(31)22-9-16(29)30/h2-5,10,13-14,17,25-26H,6-9,21H2,1H3,(H,22,31)(H,23,32)(H,24,33)(H,27,28)(H,29,30). The molecule has 0 saturated heterocycles. The van der Waals surface area contributed by atoms with E-state index in [0.29, 0.717) is 5.56 Å². The summed E-state index contributed by atoms with van der Waals surface area (Å²) in [6.45, 7) is 0.545. The molecule has 0 spiro atoms. The highest BCUT2D eigenvalue weighted by Crippen LogP contribution is 2.12. The van der Waals surface area contributed by atoms with Crippen LogP contribution in [-0.4, -0.2) is 80.9 Å². The first-order chi connectivity index (χ1) is 15.4. The van der Waals surface area contributed by atoms with Crippen LogP contribution in [0.1, 0.15) is 25.3 Å². The molecule has 33 heavy (non-hydrogen) atoms. The number of aromatic hydroxyl groups is 1. The van der Waals surface area contributed by atoms with Crippen molar-refractivity contribution >= 4 is 29.7 Å². The molecule has 182 valence electrons. The van der Waals surface area contributed by atoms with Crippen LogP contribution in [0.3, 0.4) is 0 Å². The highest BCUT2D eigenvalue weighted by atomic mass is 16.4. The summed E-state index contributed by atoms with van der Waals surface area (Å²) < 4.78 is 0. The van der Waals surface area contributed by atoms with Crippen LogP contribution in [0, 0.1) is 0 Å². The van der Waals surface area contributed by atoms with Gasteiger partial charge in [0.25, 0.3) is 0 Å². The number of hydrogen-bond donors (Lipinski definition) is 8. The summed E-state index contributed by atoms with van der Waals surface area (Å²) in [4.78, 5) is 59.1. The van der Waals surface area contributed by atoms with Crippen molar-refractivity contribution in [2.45, 2.75) is 50.4 Å². The Hall–Kier alpha value is -3.71. The molecule has 0 aliphatic heterocycles. The number of nitrogens with two attached hydrogens (primary N) is 1. The van der Waals surface area contributed by atoms with Gasteiger partial charge in [-0.2, -0.15) is 0 Å². The van der Waals surface area contributed by atoms with Crippen LogP contribution in [0.25, 0.3) is 0 Å². The zero-order valence-electron chi connectivity index (χ0n) is 17.9. The number of phenols is 1. The average Bonchev–Trinajstić information content (AvgIpc) is 2.74. The zero-order chi connectivity index (χ0) is 25.1. The second-order valence-corrected chi connectivity index (χ2v) is 7.30. The molecule has 0 aliphatic carbocycles. The van der Waals surface area contributed by atoms with Crippen molar-refractivity contribution in [2.24, 2.45) is 5.73 Å². The predicted octanol–water partition coefficient (Wildman–Crippen LogP) is -2.32. The van der Waals surface area contributed by atoms with Crippen LogP contribution in [0.15, 0.2) is 24.3 Å². The first-order valence-corrected chi connectivity index (χ1v) is 9.94. The first-order valence-electron chi connectivity index (χ1n) is 9.94. The number of nitrogens with one attached hydrogen (secondary N) is 3. The number of aliphatic carboxylic acids is 2.